The van der Waals surface area contributed by atoms with Crippen LogP contribution in [0.25, 0.3) is 22.3 Å². The molecule has 0 saturated carbocycles. The third kappa shape index (κ3) is 4.19. The lowest BCUT2D eigenvalue weighted by Crippen LogP contribution is -2.40. The number of Topliss-reactive ketones (excluding diaryl/α,β-unsaturated/α-hetero) is 1. The number of rotatable bonds is 6. The fourth-order valence-corrected chi connectivity index (χ4v) is 4.40. The van der Waals surface area contributed by atoms with Gasteiger partial charge in [0.15, 0.2) is 5.78 Å². The number of aromatic nitrogens is 2. The number of benzene rings is 1. The van der Waals surface area contributed by atoms with Crippen molar-refractivity contribution >= 4 is 22.7 Å². The lowest BCUT2D eigenvalue weighted by atomic mass is 10.0. The maximum absolute atomic E-state index is 12.6. The zero-order valence-corrected chi connectivity index (χ0v) is 18.5. The lowest BCUT2D eigenvalue weighted by molar-refractivity contribution is -0.147. The molecule has 2 aromatic heterocycles. The van der Waals surface area contributed by atoms with Crippen molar-refractivity contribution in [3.63, 3.8) is 0 Å². The van der Waals surface area contributed by atoms with Crippen molar-refractivity contribution < 1.29 is 19.1 Å². The Kier molecular flexibility index (Phi) is 5.78. The SMILES string of the molecule is CCC(=O)c1cc2n(c(=O)c1)Cc1cc3cccc(COC(=O)CN4CCOCC4)c3nc1-2. The molecule has 0 radical (unpaired) electrons. The molecule has 2 aliphatic rings. The molecule has 0 aliphatic carbocycles. The Balaban J connectivity index is 1.44. The highest BCUT2D eigenvalue weighted by Crippen LogP contribution is 2.33. The van der Waals surface area contributed by atoms with Crippen molar-refractivity contribution in [2.24, 2.45) is 0 Å². The van der Waals surface area contributed by atoms with Gasteiger partial charge in [-0.15, -0.1) is 0 Å². The van der Waals surface area contributed by atoms with E-state index in [1.54, 1.807) is 17.6 Å². The van der Waals surface area contributed by atoms with E-state index in [2.05, 4.69) is 0 Å². The molecule has 1 fully saturated rings. The van der Waals surface area contributed by atoms with Gasteiger partial charge in [0.25, 0.3) is 5.56 Å². The predicted molar refractivity (Wildman–Crippen MR) is 122 cm³/mol. The molecule has 0 atom stereocenters. The van der Waals surface area contributed by atoms with Crippen molar-refractivity contribution in [3.05, 3.63) is 63.4 Å². The summed E-state index contributed by atoms with van der Waals surface area (Å²) in [6, 6.07) is 10.9. The van der Waals surface area contributed by atoms with Crippen LogP contribution in [0.5, 0.6) is 0 Å². The van der Waals surface area contributed by atoms with E-state index in [9.17, 15) is 14.4 Å². The normalized spacial score (nSPS) is 15.3. The van der Waals surface area contributed by atoms with E-state index in [1.807, 2.05) is 29.2 Å². The van der Waals surface area contributed by atoms with Crippen molar-refractivity contribution in [1.82, 2.24) is 14.5 Å². The molecule has 4 heterocycles. The molecule has 8 nitrogen and oxygen atoms in total. The first-order chi connectivity index (χ1) is 16.0. The topological polar surface area (TPSA) is 90.7 Å². The van der Waals surface area contributed by atoms with E-state index in [1.165, 1.54) is 6.07 Å². The Hall–Kier alpha value is -3.36. The van der Waals surface area contributed by atoms with E-state index >= 15 is 0 Å². The van der Waals surface area contributed by atoms with Crippen molar-refractivity contribution in [1.29, 1.82) is 0 Å². The van der Waals surface area contributed by atoms with Gasteiger partial charge in [-0.1, -0.05) is 25.1 Å². The van der Waals surface area contributed by atoms with Gasteiger partial charge >= 0.3 is 5.97 Å². The van der Waals surface area contributed by atoms with Crippen molar-refractivity contribution in [2.75, 3.05) is 32.8 Å². The highest BCUT2D eigenvalue weighted by molar-refractivity contribution is 5.97. The number of fused-ring (bicyclic) bond motifs is 4. The van der Waals surface area contributed by atoms with Crippen LogP contribution in [-0.2, 0) is 27.4 Å². The second-order valence-corrected chi connectivity index (χ2v) is 8.36. The predicted octanol–water partition coefficient (Wildman–Crippen LogP) is 2.39. The summed E-state index contributed by atoms with van der Waals surface area (Å²) in [7, 11) is 0. The Morgan fingerprint density at radius 1 is 1.15 bits per heavy atom. The third-order valence-electron chi connectivity index (χ3n) is 6.20. The molecule has 0 spiro atoms. The number of esters is 1. The number of carbonyl (C=O) groups excluding carboxylic acids is 2. The molecule has 5 rings (SSSR count). The molecule has 0 unspecified atom stereocenters. The standard InChI is InChI=1S/C25H25N3O5/c1-2-21(29)18-11-20-25-19(13-28(20)22(30)12-18)10-16-4-3-5-17(24(16)26-25)15-33-23(31)14-27-6-8-32-9-7-27/h3-5,10-12H,2,6-9,13-15H2,1H3. The molecule has 0 bridgehead atoms. The van der Waals surface area contributed by atoms with E-state index < -0.39 is 0 Å². The van der Waals surface area contributed by atoms with E-state index in [4.69, 9.17) is 14.5 Å². The van der Waals surface area contributed by atoms with Gasteiger partial charge in [-0.2, -0.15) is 0 Å². The van der Waals surface area contributed by atoms with Gasteiger partial charge in [-0.25, -0.2) is 4.98 Å². The number of hydrogen-bond donors (Lipinski definition) is 0. The fourth-order valence-electron chi connectivity index (χ4n) is 4.40. The first kappa shape index (κ1) is 21.5. The average Bonchev–Trinajstić information content (AvgIpc) is 3.19. The van der Waals surface area contributed by atoms with Gasteiger partial charge in [0.2, 0.25) is 0 Å². The van der Waals surface area contributed by atoms with Crippen LogP contribution in [0.4, 0.5) is 0 Å². The summed E-state index contributed by atoms with van der Waals surface area (Å²) in [6.45, 7) is 5.25. The zero-order chi connectivity index (χ0) is 22.9. The van der Waals surface area contributed by atoms with Crippen molar-refractivity contribution in [2.45, 2.75) is 26.5 Å². The number of morpholine rings is 1. The van der Waals surface area contributed by atoms with E-state index in [0.29, 0.717) is 43.1 Å². The Morgan fingerprint density at radius 2 is 1.97 bits per heavy atom. The summed E-state index contributed by atoms with van der Waals surface area (Å²) in [5.74, 6) is -0.354. The summed E-state index contributed by atoms with van der Waals surface area (Å²) >= 11 is 0. The van der Waals surface area contributed by atoms with Crippen LogP contribution in [0, 0.1) is 0 Å². The quantitative estimate of drug-likeness (QED) is 0.331. The highest BCUT2D eigenvalue weighted by atomic mass is 16.5. The minimum absolute atomic E-state index is 0.0717. The average molecular weight is 447 g/mol. The van der Waals surface area contributed by atoms with Crippen LogP contribution < -0.4 is 5.56 Å². The van der Waals surface area contributed by atoms with Crippen molar-refractivity contribution in [3.8, 4) is 11.4 Å². The van der Waals surface area contributed by atoms with Gasteiger partial charge in [0.1, 0.15) is 6.61 Å². The van der Waals surface area contributed by atoms with Crippen LogP contribution in [0.3, 0.4) is 0 Å². The minimum Gasteiger partial charge on any atom is -0.460 e. The molecule has 1 saturated heterocycles. The Morgan fingerprint density at radius 3 is 2.76 bits per heavy atom. The summed E-state index contributed by atoms with van der Waals surface area (Å²) < 4.78 is 12.5. The van der Waals surface area contributed by atoms with E-state index in [-0.39, 0.29) is 30.5 Å². The first-order valence-corrected chi connectivity index (χ1v) is 11.2. The second kappa shape index (κ2) is 8.88. The number of carbonyl (C=O) groups is 2. The molecule has 0 N–H and O–H groups in total. The summed E-state index contributed by atoms with van der Waals surface area (Å²) in [5.41, 5.74) is 4.00. The third-order valence-corrected chi connectivity index (χ3v) is 6.20. The molecule has 0 amide bonds. The number of hydrogen-bond acceptors (Lipinski definition) is 7. The lowest BCUT2D eigenvalue weighted by Gasteiger charge is -2.25. The smallest absolute Gasteiger partial charge is 0.320 e. The van der Waals surface area contributed by atoms with Crippen LogP contribution >= 0.6 is 0 Å². The van der Waals surface area contributed by atoms with Gasteiger partial charge in [0, 0.05) is 47.7 Å². The summed E-state index contributed by atoms with van der Waals surface area (Å²) in [6.07, 6.45) is 0.334. The van der Waals surface area contributed by atoms with E-state index in [0.717, 1.165) is 35.1 Å². The van der Waals surface area contributed by atoms with Gasteiger partial charge in [-0.05, 0) is 12.1 Å². The highest BCUT2D eigenvalue weighted by Gasteiger charge is 2.24. The zero-order valence-electron chi connectivity index (χ0n) is 18.5. The minimum atomic E-state index is -0.283. The number of ether oxygens (including phenoxy) is 2. The molecule has 8 heteroatoms. The molecule has 170 valence electrons. The van der Waals surface area contributed by atoms with Gasteiger partial charge < -0.3 is 14.0 Å². The van der Waals surface area contributed by atoms with Crippen LogP contribution in [0.2, 0.25) is 0 Å². The monoisotopic (exact) mass is 447 g/mol. The van der Waals surface area contributed by atoms with Crippen LogP contribution in [-0.4, -0.2) is 59.1 Å². The fraction of sp³-hybridized carbons (Fsp3) is 0.360. The first-order valence-electron chi connectivity index (χ1n) is 11.2. The molecular weight excluding hydrogens is 422 g/mol. The van der Waals surface area contributed by atoms with Gasteiger partial charge in [-0.3, -0.25) is 19.3 Å². The molecule has 33 heavy (non-hydrogen) atoms. The maximum Gasteiger partial charge on any atom is 0.320 e. The van der Waals surface area contributed by atoms with Crippen LogP contribution in [0.1, 0.15) is 34.8 Å². The molecule has 3 aromatic rings. The largest absolute Gasteiger partial charge is 0.460 e. The number of para-hydroxylation sites is 1. The molecule has 1 aromatic carbocycles. The number of ketones is 1. The number of pyridine rings is 2. The van der Waals surface area contributed by atoms with Gasteiger partial charge in [0.05, 0.1) is 43.2 Å². The van der Waals surface area contributed by atoms with Crippen LogP contribution in [0.15, 0.2) is 41.2 Å². The maximum atomic E-state index is 12.6. The summed E-state index contributed by atoms with van der Waals surface area (Å²) in [4.78, 5) is 44.1. The molecule has 2 aliphatic heterocycles. The summed E-state index contributed by atoms with van der Waals surface area (Å²) in [5, 5.41) is 0.918. The Labute approximate surface area is 190 Å². The second-order valence-electron chi connectivity index (χ2n) is 8.36. The number of nitrogens with zero attached hydrogens (tertiary/aromatic N) is 3. The molecular formula is C25H25N3O5. The Bertz CT molecular complexity index is 1310.